The minimum absolute atomic E-state index is 0.794. The molecule has 0 N–H and O–H groups in total. The maximum absolute atomic E-state index is 4.28. The van der Waals surface area contributed by atoms with Gasteiger partial charge in [0.05, 0.1) is 5.69 Å². The Hall–Kier alpha value is -1.90. The maximum Gasteiger partial charge on any atom is 0.176 e. The second kappa shape index (κ2) is 2.80. The van der Waals surface area contributed by atoms with Gasteiger partial charge in [0.2, 0.25) is 0 Å². The fourth-order valence-electron chi connectivity index (χ4n) is 1.74. The number of fused-ring (bicyclic) bond motifs is 3. The fourth-order valence-corrected chi connectivity index (χ4v) is 1.74. The van der Waals surface area contributed by atoms with Crippen LogP contribution in [0.4, 0.5) is 11.5 Å². The average molecular weight is 183 g/mol. The van der Waals surface area contributed by atoms with Crippen LogP contribution in [0.2, 0.25) is 0 Å². The van der Waals surface area contributed by atoms with Crippen molar-refractivity contribution < 1.29 is 0 Å². The van der Waals surface area contributed by atoms with E-state index in [0.29, 0.717) is 0 Å². The molecule has 3 heterocycles. The Morgan fingerprint density at radius 2 is 2.36 bits per heavy atom. The summed E-state index contributed by atoms with van der Waals surface area (Å²) in [6.45, 7) is 0.911. The van der Waals surface area contributed by atoms with Gasteiger partial charge in [-0.05, 0) is 24.3 Å². The molecular weight excluding hydrogens is 174 g/mol. The molecule has 3 heteroatoms. The van der Waals surface area contributed by atoms with Gasteiger partial charge < -0.3 is 4.90 Å². The summed E-state index contributed by atoms with van der Waals surface area (Å²) in [6.07, 6.45) is 9.82. The van der Waals surface area contributed by atoms with Gasteiger partial charge in [-0.15, -0.1) is 0 Å². The van der Waals surface area contributed by atoms with E-state index in [4.69, 9.17) is 0 Å². The van der Waals surface area contributed by atoms with Crippen molar-refractivity contribution in [3.8, 4) is 0 Å². The number of pyridine rings is 1. The van der Waals surface area contributed by atoms with Gasteiger partial charge in [-0.25, -0.2) is 9.98 Å². The van der Waals surface area contributed by atoms with Crippen LogP contribution >= 0.6 is 0 Å². The van der Waals surface area contributed by atoms with E-state index in [1.54, 1.807) is 12.4 Å². The molecule has 0 amide bonds. The van der Waals surface area contributed by atoms with Crippen LogP contribution in [-0.4, -0.2) is 17.7 Å². The van der Waals surface area contributed by atoms with Crippen molar-refractivity contribution >= 4 is 17.7 Å². The summed E-state index contributed by atoms with van der Waals surface area (Å²) in [4.78, 5) is 10.7. The molecule has 1 aromatic heterocycles. The third kappa shape index (κ3) is 0.988. The van der Waals surface area contributed by atoms with Crippen molar-refractivity contribution in [3.63, 3.8) is 0 Å². The molecule has 2 aliphatic rings. The van der Waals surface area contributed by atoms with Crippen LogP contribution < -0.4 is 4.90 Å². The first kappa shape index (κ1) is 7.50. The summed E-state index contributed by atoms with van der Waals surface area (Å²) < 4.78 is 0. The Bertz CT molecular complexity index is 457. The van der Waals surface area contributed by atoms with Crippen LogP contribution in [0.15, 0.2) is 47.2 Å². The second-order valence-corrected chi connectivity index (χ2v) is 3.23. The standard InChI is InChI=1S/C11H9N3/c1-4-10-11(12-6-1)13-7-5-9-3-2-8-14(9)10/h1-7H,8H2. The lowest BCUT2D eigenvalue weighted by molar-refractivity contribution is 1.08. The van der Waals surface area contributed by atoms with Gasteiger partial charge in [0.25, 0.3) is 0 Å². The Kier molecular flexibility index (Phi) is 1.50. The highest BCUT2D eigenvalue weighted by Crippen LogP contribution is 2.32. The predicted molar refractivity (Wildman–Crippen MR) is 57.0 cm³/mol. The van der Waals surface area contributed by atoms with Gasteiger partial charge in [0.1, 0.15) is 0 Å². The summed E-state index contributed by atoms with van der Waals surface area (Å²) in [6, 6.07) is 3.99. The van der Waals surface area contributed by atoms with Gasteiger partial charge in [0.15, 0.2) is 5.82 Å². The lowest BCUT2D eigenvalue weighted by atomic mass is 10.3. The zero-order valence-electron chi connectivity index (χ0n) is 7.59. The van der Waals surface area contributed by atoms with E-state index < -0.39 is 0 Å². The normalized spacial score (nSPS) is 17.4. The van der Waals surface area contributed by atoms with Crippen molar-refractivity contribution in [2.75, 3.05) is 11.4 Å². The lowest BCUT2D eigenvalue weighted by Crippen LogP contribution is -2.16. The molecule has 68 valence electrons. The Morgan fingerprint density at radius 1 is 1.36 bits per heavy atom. The molecule has 0 fully saturated rings. The van der Waals surface area contributed by atoms with Gasteiger partial charge >= 0.3 is 0 Å². The zero-order valence-corrected chi connectivity index (χ0v) is 7.59. The molecule has 0 aromatic carbocycles. The van der Waals surface area contributed by atoms with Crippen molar-refractivity contribution in [1.29, 1.82) is 0 Å². The summed E-state index contributed by atoms with van der Waals surface area (Å²) in [5, 5.41) is 0. The number of rotatable bonds is 0. The van der Waals surface area contributed by atoms with E-state index >= 15 is 0 Å². The summed E-state index contributed by atoms with van der Waals surface area (Å²) >= 11 is 0. The molecule has 3 rings (SSSR count). The third-order valence-corrected chi connectivity index (χ3v) is 2.39. The largest absolute Gasteiger partial charge is 0.334 e. The molecule has 0 unspecified atom stereocenters. The lowest BCUT2D eigenvalue weighted by Gasteiger charge is -2.19. The van der Waals surface area contributed by atoms with Gasteiger partial charge in [-0.1, -0.05) is 6.08 Å². The van der Waals surface area contributed by atoms with E-state index in [9.17, 15) is 0 Å². The first-order chi connectivity index (χ1) is 6.95. The maximum atomic E-state index is 4.28. The minimum Gasteiger partial charge on any atom is -0.334 e. The van der Waals surface area contributed by atoms with Crippen LogP contribution in [0, 0.1) is 0 Å². The minimum atomic E-state index is 0.794. The van der Waals surface area contributed by atoms with Crippen LogP contribution in [-0.2, 0) is 0 Å². The first-order valence-corrected chi connectivity index (χ1v) is 4.58. The van der Waals surface area contributed by atoms with Gasteiger partial charge in [-0.2, -0.15) is 0 Å². The van der Waals surface area contributed by atoms with Crippen molar-refractivity contribution in [1.82, 2.24) is 4.98 Å². The summed E-state index contributed by atoms with van der Waals surface area (Å²) in [5.41, 5.74) is 2.26. The highest BCUT2D eigenvalue weighted by molar-refractivity contribution is 5.84. The van der Waals surface area contributed by atoms with Crippen molar-refractivity contribution in [2.45, 2.75) is 0 Å². The monoisotopic (exact) mass is 183 g/mol. The van der Waals surface area contributed by atoms with Crippen LogP contribution in [0.1, 0.15) is 0 Å². The number of aliphatic imine (C=N–C) groups is 1. The van der Waals surface area contributed by atoms with E-state index in [-0.39, 0.29) is 0 Å². The fraction of sp³-hybridized carbons (Fsp3) is 0.0909. The topological polar surface area (TPSA) is 28.5 Å². The number of nitrogens with zero attached hydrogens (tertiary/aromatic N) is 3. The second-order valence-electron chi connectivity index (χ2n) is 3.23. The van der Waals surface area contributed by atoms with Gasteiger partial charge in [0, 0.05) is 24.7 Å². The van der Waals surface area contributed by atoms with Crippen LogP contribution in [0.3, 0.4) is 0 Å². The van der Waals surface area contributed by atoms with Crippen molar-refractivity contribution in [3.05, 3.63) is 42.3 Å². The quantitative estimate of drug-likeness (QED) is 0.616. The summed E-state index contributed by atoms with van der Waals surface area (Å²) in [5.74, 6) is 0.794. The Morgan fingerprint density at radius 3 is 3.36 bits per heavy atom. The van der Waals surface area contributed by atoms with E-state index in [2.05, 4.69) is 27.0 Å². The molecule has 0 saturated carbocycles. The molecule has 14 heavy (non-hydrogen) atoms. The molecule has 0 atom stereocenters. The number of hydrogen-bond donors (Lipinski definition) is 0. The molecule has 0 bridgehead atoms. The number of allylic oxidation sites excluding steroid dienone is 2. The van der Waals surface area contributed by atoms with Crippen molar-refractivity contribution in [2.24, 2.45) is 4.99 Å². The van der Waals surface area contributed by atoms with E-state index in [1.807, 2.05) is 18.2 Å². The smallest absolute Gasteiger partial charge is 0.176 e. The predicted octanol–water partition coefficient (Wildman–Crippen LogP) is 2.06. The first-order valence-electron chi connectivity index (χ1n) is 4.58. The molecule has 2 aliphatic heterocycles. The third-order valence-electron chi connectivity index (χ3n) is 2.39. The summed E-state index contributed by atoms with van der Waals surface area (Å²) in [7, 11) is 0. The van der Waals surface area contributed by atoms with Gasteiger partial charge in [-0.3, -0.25) is 0 Å². The van der Waals surface area contributed by atoms with Crippen LogP contribution in [0.25, 0.3) is 0 Å². The molecule has 0 saturated heterocycles. The average Bonchev–Trinajstić information content (AvgIpc) is 2.61. The number of aromatic nitrogens is 1. The highest BCUT2D eigenvalue weighted by atomic mass is 15.2. The number of hydrogen-bond acceptors (Lipinski definition) is 3. The number of anilines is 1. The Balaban J connectivity index is 2.20. The van der Waals surface area contributed by atoms with E-state index in [1.165, 1.54) is 5.70 Å². The molecule has 0 radical (unpaired) electrons. The molecule has 0 spiro atoms. The van der Waals surface area contributed by atoms with E-state index in [0.717, 1.165) is 18.1 Å². The SMILES string of the molecule is C1=CC2=CC=Nc3ncccc3N2C1. The molecule has 0 aliphatic carbocycles. The molecule has 3 nitrogen and oxygen atoms in total. The van der Waals surface area contributed by atoms with Crippen LogP contribution in [0.5, 0.6) is 0 Å². The highest BCUT2D eigenvalue weighted by Gasteiger charge is 2.18. The molecular formula is C11H9N3. The molecule has 1 aromatic rings. The Labute approximate surface area is 82.1 Å². The zero-order chi connectivity index (χ0) is 9.38.